The van der Waals surface area contributed by atoms with Gasteiger partial charge in [0.15, 0.2) is 5.78 Å². The molecule has 41 heavy (non-hydrogen) atoms. The molecule has 2 aliphatic rings. The van der Waals surface area contributed by atoms with E-state index in [1.807, 2.05) is 27.7 Å². The minimum atomic E-state index is 0. The van der Waals surface area contributed by atoms with Crippen molar-refractivity contribution in [1.82, 2.24) is 4.98 Å². The maximum absolute atomic E-state index is 11.7. The van der Waals surface area contributed by atoms with Gasteiger partial charge in [0, 0.05) is 43.4 Å². The van der Waals surface area contributed by atoms with Gasteiger partial charge in [0.2, 0.25) is 0 Å². The van der Waals surface area contributed by atoms with Gasteiger partial charge in [0.05, 0.1) is 11.3 Å². The molecule has 0 amide bonds. The number of pyridine rings is 1. The van der Waals surface area contributed by atoms with E-state index in [1.54, 1.807) is 0 Å². The molecule has 0 aliphatic heterocycles. The van der Waals surface area contributed by atoms with Crippen LogP contribution in [0.1, 0.15) is 102 Å². The van der Waals surface area contributed by atoms with E-state index in [4.69, 9.17) is 4.98 Å². The summed E-state index contributed by atoms with van der Waals surface area (Å²) in [5.74, 6) is 3.18. The Bertz CT molecular complexity index is 1320. The number of ketones is 1. The molecule has 2 fully saturated rings. The van der Waals surface area contributed by atoms with Crippen molar-refractivity contribution in [3.63, 3.8) is 0 Å². The Hall–Kier alpha value is -2.29. The fourth-order valence-electron chi connectivity index (χ4n) is 7.09. The Labute approximate surface area is 261 Å². The number of allylic oxidation sites excluding steroid dienone is 2. The Morgan fingerprint density at radius 3 is 2.27 bits per heavy atom. The largest absolute Gasteiger partial charge is 0.512 e. The Morgan fingerprint density at radius 1 is 0.976 bits per heavy atom. The Morgan fingerprint density at radius 2 is 1.68 bits per heavy atom. The van der Waals surface area contributed by atoms with Crippen LogP contribution in [0.2, 0.25) is 0 Å². The summed E-state index contributed by atoms with van der Waals surface area (Å²) in [4.78, 5) is 16.7. The first-order valence-electron chi connectivity index (χ1n) is 15.6. The van der Waals surface area contributed by atoms with Crippen LogP contribution in [0.4, 0.5) is 0 Å². The van der Waals surface area contributed by atoms with Crippen LogP contribution >= 0.6 is 0 Å². The van der Waals surface area contributed by atoms with Crippen LogP contribution in [-0.2, 0) is 24.9 Å². The summed E-state index contributed by atoms with van der Waals surface area (Å²) in [6.45, 7) is 12.3. The predicted octanol–water partition coefficient (Wildman–Crippen LogP) is 10.1. The topological polar surface area (TPSA) is 50.2 Å². The van der Waals surface area contributed by atoms with Crippen LogP contribution in [0.15, 0.2) is 54.3 Å². The van der Waals surface area contributed by atoms with Crippen LogP contribution in [0.25, 0.3) is 22.2 Å². The van der Waals surface area contributed by atoms with E-state index in [-0.39, 0.29) is 43.5 Å². The van der Waals surface area contributed by atoms with Crippen molar-refractivity contribution in [2.75, 3.05) is 0 Å². The van der Waals surface area contributed by atoms with Crippen LogP contribution in [-0.4, -0.2) is 15.9 Å². The number of hydrogen-bond donors (Lipinski definition) is 1. The first kappa shape index (κ1) is 33.2. The molecule has 4 heteroatoms. The van der Waals surface area contributed by atoms with Gasteiger partial charge < -0.3 is 5.11 Å². The molecule has 0 spiro atoms. The third-order valence-electron chi connectivity index (χ3n) is 9.41. The molecule has 1 heterocycles. The molecule has 2 aromatic carbocycles. The quantitative estimate of drug-likeness (QED) is 0.136. The van der Waals surface area contributed by atoms with Gasteiger partial charge in [-0.25, -0.2) is 0 Å². The standard InChI is InChI=1S/C24H24N.C13H24O2.Ir/c1-15-10-16(2)12-19(11-15)23-9-8-21-20(4-3-5-24(21)25-23)22-14-17-6-7-18(22)13-17;1-5-10(6-2)12(14)9-13(15)11(7-3)8-4;/h3-5,8-11,17-18,22H,6-7,13-14H2,1-2H3;9-11,14H,5-8H2,1-4H3;/q-1;;/b;12-9-;. The second-order valence-corrected chi connectivity index (χ2v) is 12.1. The van der Waals surface area contributed by atoms with Crippen LogP contribution in [0.5, 0.6) is 0 Å². The summed E-state index contributed by atoms with van der Waals surface area (Å²) in [5.41, 5.74) is 7.24. The van der Waals surface area contributed by atoms with E-state index in [2.05, 4.69) is 62.4 Å². The van der Waals surface area contributed by atoms with Crippen molar-refractivity contribution in [3.05, 3.63) is 77.1 Å². The number of nitrogens with zero attached hydrogens (tertiary/aromatic N) is 1. The second kappa shape index (κ2) is 15.3. The molecule has 1 N–H and O–H groups in total. The van der Waals surface area contributed by atoms with Gasteiger partial charge in [0.25, 0.3) is 0 Å². The maximum atomic E-state index is 11.7. The molecular weight excluding hydrogens is 683 g/mol. The van der Waals surface area contributed by atoms with Gasteiger partial charge in [-0.1, -0.05) is 72.2 Å². The summed E-state index contributed by atoms with van der Waals surface area (Å²) in [6, 6.07) is 19.0. The van der Waals surface area contributed by atoms with E-state index in [0.717, 1.165) is 60.2 Å². The van der Waals surface area contributed by atoms with Crippen molar-refractivity contribution < 1.29 is 30.0 Å². The van der Waals surface area contributed by atoms with Crippen molar-refractivity contribution >= 4 is 16.7 Å². The minimum Gasteiger partial charge on any atom is -0.512 e. The van der Waals surface area contributed by atoms with Crippen molar-refractivity contribution in [2.45, 2.75) is 98.8 Å². The normalized spacial score (nSPS) is 19.8. The average molecular weight is 731 g/mol. The second-order valence-electron chi connectivity index (χ2n) is 12.1. The molecular formula is C37H48IrNO2-. The van der Waals surface area contributed by atoms with E-state index in [1.165, 1.54) is 53.8 Å². The maximum Gasteiger partial charge on any atom is 0.162 e. The number of carbonyl (C=O) groups is 1. The minimum absolute atomic E-state index is 0. The Kier molecular flexibility index (Phi) is 12.4. The van der Waals surface area contributed by atoms with Crippen LogP contribution in [0, 0.1) is 43.6 Å². The number of fused-ring (bicyclic) bond motifs is 3. The zero-order valence-corrected chi connectivity index (χ0v) is 28.2. The van der Waals surface area contributed by atoms with E-state index < -0.39 is 0 Å². The summed E-state index contributed by atoms with van der Waals surface area (Å²) < 4.78 is 0. The van der Waals surface area contributed by atoms with Gasteiger partial charge in [-0.2, -0.15) is 0 Å². The molecule has 2 saturated carbocycles. The molecule has 3 aromatic rings. The summed E-state index contributed by atoms with van der Waals surface area (Å²) >= 11 is 0. The third kappa shape index (κ3) is 7.96. The van der Waals surface area contributed by atoms with Gasteiger partial charge in [0.1, 0.15) is 0 Å². The third-order valence-corrected chi connectivity index (χ3v) is 9.41. The average Bonchev–Trinajstić information content (AvgIpc) is 3.58. The van der Waals surface area contributed by atoms with Crippen LogP contribution < -0.4 is 0 Å². The molecule has 2 bridgehead atoms. The molecule has 3 nitrogen and oxygen atoms in total. The SMILES string of the molecule is CCC(CC)C(=O)/C=C(\O)C(CC)CC.Cc1[c-]c(-c2ccc3c(C4CC5CCC4C5)cccc3n2)cc(C)c1.[Ir]. The number of hydrogen-bond acceptors (Lipinski definition) is 3. The van der Waals surface area contributed by atoms with Gasteiger partial charge in [-0.15, -0.1) is 34.9 Å². The molecule has 0 saturated heterocycles. The molecule has 1 aromatic heterocycles. The molecule has 5 rings (SSSR count). The van der Waals surface area contributed by atoms with Gasteiger partial charge in [-0.05, 0) is 80.0 Å². The van der Waals surface area contributed by atoms with E-state index >= 15 is 0 Å². The zero-order valence-electron chi connectivity index (χ0n) is 25.8. The van der Waals surface area contributed by atoms with Gasteiger partial charge >= 0.3 is 0 Å². The van der Waals surface area contributed by atoms with E-state index in [0.29, 0.717) is 0 Å². The fourth-order valence-corrected chi connectivity index (χ4v) is 7.09. The number of aliphatic hydroxyl groups excluding tert-OH is 1. The molecule has 223 valence electrons. The zero-order chi connectivity index (χ0) is 28.8. The smallest absolute Gasteiger partial charge is 0.162 e. The Balaban J connectivity index is 0.000000253. The molecule has 3 unspecified atom stereocenters. The van der Waals surface area contributed by atoms with Crippen LogP contribution in [0.3, 0.4) is 0 Å². The first-order chi connectivity index (χ1) is 19.3. The van der Waals surface area contributed by atoms with Crippen molar-refractivity contribution in [1.29, 1.82) is 0 Å². The molecule has 1 radical (unpaired) electrons. The van der Waals surface area contributed by atoms with Gasteiger partial charge in [-0.3, -0.25) is 9.78 Å². The monoisotopic (exact) mass is 731 g/mol. The summed E-state index contributed by atoms with van der Waals surface area (Å²) in [7, 11) is 0. The fraction of sp³-hybridized carbons (Fsp3) is 0.514. The van der Waals surface area contributed by atoms with Crippen molar-refractivity contribution in [2.24, 2.45) is 23.7 Å². The predicted molar refractivity (Wildman–Crippen MR) is 168 cm³/mol. The molecule has 3 atom stereocenters. The van der Waals surface area contributed by atoms with E-state index in [9.17, 15) is 9.90 Å². The number of aliphatic hydroxyl groups is 1. The number of aryl methyl sites for hydroxylation is 2. The number of rotatable bonds is 9. The van der Waals surface area contributed by atoms with Crippen molar-refractivity contribution in [3.8, 4) is 11.3 Å². The number of aromatic nitrogens is 1. The molecule has 2 aliphatic carbocycles. The number of carbonyl (C=O) groups excluding carboxylic acids is 1. The first-order valence-corrected chi connectivity index (χ1v) is 15.6. The summed E-state index contributed by atoms with van der Waals surface area (Å²) in [5, 5.41) is 11.1. The number of benzene rings is 2. The summed E-state index contributed by atoms with van der Waals surface area (Å²) in [6.07, 6.45) is 10.6.